The van der Waals surface area contributed by atoms with E-state index in [-0.39, 0.29) is 16.8 Å². The van der Waals surface area contributed by atoms with Gasteiger partial charge in [0.1, 0.15) is 0 Å². The van der Waals surface area contributed by atoms with Gasteiger partial charge in [0.15, 0.2) is 5.78 Å². The molecule has 0 bridgehead atoms. The highest BCUT2D eigenvalue weighted by Gasteiger charge is 2.42. The minimum absolute atomic E-state index is 0.0351. The monoisotopic (exact) mass is 389 g/mol. The predicted molar refractivity (Wildman–Crippen MR) is 95.4 cm³/mol. The lowest BCUT2D eigenvalue weighted by molar-refractivity contribution is -0.133. The van der Waals surface area contributed by atoms with E-state index >= 15 is 0 Å². The number of carbonyl (C=O) groups excluding carboxylic acids is 1. The van der Waals surface area contributed by atoms with Gasteiger partial charge in [0, 0.05) is 33.8 Å². The summed E-state index contributed by atoms with van der Waals surface area (Å²) in [6, 6.07) is 7.52. The molecular formula is C19H20BrNO3. The fourth-order valence-electron chi connectivity index (χ4n) is 3.71. The van der Waals surface area contributed by atoms with Crippen LogP contribution >= 0.6 is 15.9 Å². The average Bonchev–Trinajstić information content (AvgIpc) is 2.44. The molecule has 0 saturated heterocycles. The number of hydrogen-bond acceptors (Lipinski definition) is 3. The van der Waals surface area contributed by atoms with Crippen LogP contribution < -0.4 is 5.32 Å². The third-order valence-corrected chi connectivity index (χ3v) is 5.20. The van der Waals surface area contributed by atoms with Crippen LogP contribution in [0.25, 0.3) is 0 Å². The molecule has 0 aromatic heterocycles. The van der Waals surface area contributed by atoms with E-state index in [0.29, 0.717) is 17.7 Å². The number of dihydropyridines is 1. The molecule has 1 aromatic rings. The number of aliphatic carboxylic acids is 1. The Morgan fingerprint density at radius 1 is 1.25 bits per heavy atom. The minimum atomic E-state index is -0.989. The summed E-state index contributed by atoms with van der Waals surface area (Å²) in [5.74, 6) is -1.47. The van der Waals surface area contributed by atoms with Crippen LogP contribution in [0.15, 0.2) is 51.3 Å². The zero-order valence-corrected chi connectivity index (χ0v) is 15.5. The lowest BCUT2D eigenvalue weighted by Crippen LogP contribution is -2.38. The second kappa shape index (κ2) is 5.88. The number of hydrogen-bond donors (Lipinski definition) is 2. The van der Waals surface area contributed by atoms with Crippen molar-refractivity contribution in [3.05, 3.63) is 56.8 Å². The first-order valence-electron chi connectivity index (χ1n) is 7.92. The highest BCUT2D eigenvalue weighted by molar-refractivity contribution is 9.10. The molecule has 0 amide bonds. The summed E-state index contributed by atoms with van der Waals surface area (Å²) in [4.78, 5) is 24.7. The lowest BCUT2D eigenvalue weighted by atomic mass is 9.68. The first kappa shape index (κ1) is 17.0. The minimum Gasteiger partial charge on any atom is -0.478 e. The van der Waals surface area contributed by atoms with Crippen LogP contribution in [0.4, 0.5) is 0 Å². The van der Waals surface area contributed by atoms with Crippen molar-refractivity contribution in [3.63, 3.8) is 0 Å². The van der Waals surface area contributed by atoms with E-state index in [0.717, 1.165) is 22.2 Å². The molecule has 126 valence electrons. The number of benzene rings is 1. The lowest BCUT2D eigenvalue weighted by Gasteiger charge is -2.39. The standard InChI is InChI=1S/C19H20BrNO3/c1-10-15(18(23)24)16(11-4-6-12(20)7-5-11)17-13(21-10)8-19(2,3)9-14(17)22/h4-7,16,21H,8-9H2,1-3H3,(H,23,24)/t16-/m1/s1. The van der Waals surface area contributed by atoms with Gasteiger partial charge in [-0.1, -0.05) is 41.9 Å². The molecule has 1 aromatic carbocycles. The van der Waals surface area contributed by atoms with Crippen molar-refractivity contribution in [1.29, 1.82) is 0 Å². The van der Waals surface area contributed by atoms with Gasteiger partial charge in [-0.2, -0.15) is 0 Å². The zero-order chi connectivity index (χ0) is 17.6. The maximum atomic E-state index is 12.8. The van der Waals surface area contributed by atoms with Gasteiger partial charge in [0.2, 0.25) is 0 Å². The molecule has 0 saturated carbocycles. The molecule has 1 aliphatic carbocycles. The van der Waals surface area contributed by atoms with Crippen molar-refractivity contribution in [1.82, 2.24) is 5.32 Å². The van der Waals surface area contributed by atoms with Crippen LogP contribution in [-0.4, -0.2) is 16.9 Å². The van der Waals surface area contributed by atoms with Crippen LogP contribution in [0, 0.1) is 5.41 Å². The fourth-order valence-corrected chi connectivity index (χ4v) is 3.97. The molecule has 0 spiro atoms. The van der Waals surface area contributed by atoms with Crippen molar-refractivity contribution >= 4 is 27.7 Å². The van der Waals surface area contributed by atoms with E-state index in [4.69, 9.17) is 0 Å². The van der Waals surface area contributed by atoms with E-state index < -0.39 is 11.9 Å². The Bertz CT molecular complexity index is 787. The van der Waals surface area contributed by atoms with E-state index in [1.807, 2.05) is 24.3 Å². The Hall–Kier alpha value is -1.88. The Morgan fingerprint density at radius 3 is 2.46 bits per heavy atom. The second-order valence-electron chi connectivity index (χ2n) is 7.29. The summed E-state index contributed by atoms with van der Waals surface area (Å²) in [5.41, 5.74) is 3.06. The molecule has 1 aliphatic heterocycles. The molecule has 1 heterocycles. The van der Waals surface area contributed by atoms with E-state index in [1.54, 1.807) is 6.92 Å². The number of ketones is 1. The molecule has 0 fully saturated rings. The van der Waals surface area contributed by atoms with E-state index in [9.17, 15) is 14.7 Å². The Labute approximate surface area is 149 Å². The van der Waals surface area contributed by atoms with Gasteiger partial charge in [-0.25, -0.2) is 4.79 Å². The van der Waals surface area contributed by atoms with Crippen molar-refractivity contribution in [2.45, 2.75) is 39.5 Å². The second-order valence-corrected chi connectivity index (χ2v) is 8.20. The highest BCUT2D eigenvalue weighted by atomic mass is 79.9. The summed E-state index contributed by atoms with van der Waals surface area (Å²) in [6.45, 7) is 5.90. The number of carbonyl (C=O) groups is 2. The van der Waals surface area contributed by atoms with Gasteiger partial charge in [-0.05, 0) is 36.5 Å². The number of nitrogens with one attached hydrogen (secondary N) is 1. The predicted octanol–water partition coefficient (Wildman–Crippen LogP) is 4.14. The summed E-state index contributed by atoms with van der Waals surface area (Å²) in [5, 5.41) is 12.9. The SMILES string of the molecule is CC1=C(C(=O)O)[C@@H](c2ccc(Br)cc2)C2=C(CC(C)(C)CC2=O)N1. The van der Waals surface area contributed by atoms with Gasteiger partial charge in [-0.3, -0.25) is 4.79 Å². The number of Topliss-reactive ketones (excluding diaryl/α,β-unsaturated/α-hetero) is 1. The molecule has 4 nitrogen and oxygen atoms in total. The molecular weight excluding hydrogens is 370 g/mol. The zero-order valence-electron chi connectivity index (χ0n) is 13.9. The van der Waals surface area contributed by atoms with Crippen LogP contribution in [0.3, 0.4) is 0 Å². The molecule has 0 radical (unpaired) electrons. The molecule has 1 atom stereocenters. The Balaban J connectivity index is 2.19. The average molecular weight is 390 g/mol. The Kier molecular flexibility index (Phi) is 4.16. The molecule has 5 heteroatoms. The highest BCUT2D eigenvalue weighted by Crippen LogP contribution is 2.46. The molecule has 2 aliphatic rings. The number of allylic oxidation sites excluding steroid dienone is 3. The van der Waals surface area contributed by atoms with Gasteiger partial charge in [-0.15, -0.1) is 0 Å². The smallest absolute Gasteiger partial charge is 0.334 e. The van der Waals surface area contributed by atoms with Gasteiger partial charge < -0.3 is 10.4 Å². The summed E-state index contributed by atoms with van der Waals surface area (Å²) in [6.07, 6.45) is 1.18. The largest absolute Gasteiger partial charge is 0.478 e. The summed E-state index contributed by atoms with van der Waals surface area (Å²) < 4.78 is 0.920. The first-order chi connectivity index (χ1) is 11.2. The molecule has 2 N–H and O–H groups in total. The van der Waals surface area contributed by atoms with E-state index in [2.05, 4.69) is 35.1 Å². The third-order valence-electron chi connectivity index (χ3n) is 4.67. The van der Waals surface area contributed by atoms with Gasteiger partial charge in [0.25, 0.3) is 0 Å². The topological polar surface area (TPSA) is 66.4 Å². The Morgan fingerprint density at radius 2 is 1.88 bits per heavy atom. The number of rotatable bonds is 2. The van der Waals surface area contributed by atoms with Crippen LogP contribution in [0.5, 0.6) is 0 Å². The molecule has 24 heavy (non-hydrogen) atoms. The number of halogens is 1. The first-order valence-corrected chi connectivity index (χ1v) is 8.72. The normalized spacial score (nSPS) is 23.0. The van der Waals surface area contributed by atoms with E-state index in [1.165, 1.54) is 0 Å². The van der Waals surface area contributed by atoms with Crippen molar-refractivity contribution < 1.29 is 14.7 Å². The maximum Gasteiger partial charge on any atom is 0.334 e. The van der Waals surface area contributed by atoms with Gasteiger partial charge >= 0.3 is 5.97 Å². The van der Waals surface area contributed by atoms with Crippen LogP contribution in [-0.2, 0) is 9.59 Å². The molecule has 0 unspecified atom stereocenters. The number of carboxylic acids is 1. The van der Waals surface area contributed by atoms with Gasteiger partial charge in [0.05, 0.1) is 5.57 Å². The summed E-state index contributed by atoms with van der Waals surface area (Å²) >= 11 is 3.40. The van der Waals surface area contributed by atoms with Crippen LogP contribution in [0.2, 0.25) is 0 Å². The van der Waals surface area contributed by atoms with Crippen molar-refractivity contribution in [2.24, 2.45) is 5.41 Å². The van der Waals surface area contributed by atoms with Crippen molar-refractivity contribution in [3.8, 4) is 0 Å². The number of carboxylic acid groups (broad SMARTS) is 1. The molecule has 3 rings (SSSR count). The summed E-state index contributed by atoms with van der Waals surface area (Å²) in [7, 11) is 0. The van der Waals surface area contributed by atoms with Crippen LogP contribution in [0.1, 0.15) is 45.1 Å². The maximum absolute atomic E-state index is 12.8. The quantitative estimate of drug-likeness (QED) is 0.797. The fraction of sp³-hybridized carbons (Fsp3) is 0.368. The van der Waals surface area contributed by atoms with Crippen molar-refractivity contribution in [2.75, 3.05) is 0 Å². The third kappa shape index (κ3) is 2.93.